The Morgan fingerprint density at radius 3 is 2.64 bits per heavy atom. The number of ether oxygens (including phenoxy) is 2. The second-order valence-corrected chi connectivity index (χ2v) is 7.70. The van der Waals surface area contributed by atoms with E-state index < -0.39 is 5.60 Å². The molecule has 150 valence electrons. The van der Waals surface area contributed by atoms with Gasteiger partial charge in [0.1, 0.15) is 11.0 Å². The van der Waals surface area contributed by atoms with Crippen LogP contribution in [0.3, 0.4) is 0 Å². The number of benzene rings is 1. The largest absolute Gasteiger partial charge is 0.493 e. The Hall–Kier alpha value is -2.22. The summed E-state index contributed by atoms with van der Waals surface area (Å²) in [6, 6.07) is 7.59. The zero-order valence-electron chi connectivity index (χ0n) is 16.1. The van der Waals surface area contributed by atoms with E-state index in [0.717, 1.165) is 43.0 Å². The molecule has 2 aliphatic rings. The molecule has 2 aromatic rings. The van der Waals surface area contributed by atoms with Gasteiger partial charge < -0.3 is 24.8 Å². The standard InChI is InChI=1S/C20H25ClN4O3/c1-27-16-4-3-15(10-17(16)28-2)25-18(21)9-14-11-24(13-23-19(14)25)12-20(26)5-7-22-8-6-20/h3-4,9-10,13,22,26H,5-8,11-12H2,1-2H3. The number of halogens is 1. The lowest BCUT2D eigenvalue weighted by atomic mass is 9.92. The Bertz CT molecular complexity index is 890. The van der Waals surface area contributed by atoms with E-state index in [9.17, 15) is 5.11 Å². The number of methoxy groups -OCH3 is 2. The van der Waals surface area contributed by atoms with Crippen molar-refractivity contribution in [2.75, 3.05) is 33.9 Å². The van der Waals surface area contributed by atoms with Gasteiger partial charge in [0, 0.05) is 24.7 Å². The lowest BCUT2D eigenvalue weighted by Crippen LogP contribution is -2.49. The maximum atomic E-state index is 10.8. The smallest absolute Gasteiger partial charge is 0.162 e. The van der Waals surface area contributed by atoms with E-state index in [1.54, 1.807) is 20.6 Å². The van der Waals surface area contributed by atoms with Gasteiger partial charge in [0.2, 0.25) is 0 Å². The molecule has 8 heteroatoms. The maximum Gasteiger partial charge on any atom is 0.162 e. The number of fused-ring (bicyclic) bond motifs is 1. The summed E-state index contributed by atoms with van der Waals surface area (Å²) in [5, 5.41) is 14.7. The van der Waals surface area contributed by atoms with Crippen molar-refractivity contribution in [3.63, 3.8) is 0 Å². The van der Waals surface area contributed by atoms with Crippen LogP contribution in [0.2, 0.25) is 5.15 Å². The second-order valence-electron chi connectivity index (χ2n) is 7.31. The predicted octanol–water partition coefficient (Wildman–Crippen LogP) is 2.74. The van der Waals surface area contributed by atoms with Crippen LogP contribution in [-0.4, -0.2) is 60.4 Å². The fourth-order valence-corrected chi connectivity index (χ4v) is 4.21. The number of aliphatic hydroxyl groups is 1. The van der Waals surface area contributed by atoms with Gasteiger partial charge in [-0.2, -0.15) is 0 Å². The number of rotatable bonds is 5. The van der Waals surface area contributed by atoms with Gasteiger partial charge in [0.05, 0.1) is 31.8 Å². The highest BCUT2D eigenvalue weighted by Gasteiger charge is 2.32. The third-order valence-corrected chi connectivity index (χ3v) is 5.66. The Balaban J connectivity index is 1.60. The van der Waals surface area contributed by atoms with Crippen LogP contribution in [0.4, 0.5) is 5.82 Å². The Morgan fingerprint density at radius 2 is 1.93 bits per heavy atom. The van der Waals surface area contributed by atoms with Gasteiger partial charge in [0.25, 0.3) is 0 Å². The fourth-order valence-electron chi connectivity index (χ4n) is 3.91. The molecular formula is C20H25ClN4O3. The number of hydrogen-bond donors (Lipinski definition) is 2. The molecule has 0 spiro atoms. The molecule has 0 bridgehead atoms. The minimum Gasteiger partial charge on any atom is -0.493 e. The van der Waals surface area contributed by atoms with Gasteiger partial charge in [-0.1, -0.05) is 11.6 Å². The van der Waals surface area contributed by atoms with Crippen LogP contribution in [-0.2, 0) is 6.54 Å². The predicted molar refractivity (Wildman–Crippen MR) is 109 cm³/mol. The van der Waals surface area contributed by atoms with Crippen molar-refractivity contribution in [2.24, 2.45) is 4.99 Å². The summed E-state index contributed by atoms with van der Waals surface area (Å²) < 4.78 is 12.6. The average molecular weight is 405 g/mol. The zero-order valence-corrected chi connectivity index (χ0v) is 16.9. The number of piperidine rings is 1. The van der Waals surface area contributed by atoms with Crippen molar-refractivity contribution in [2.45, 2.75) is 25.0 Å². The molecule has 0 unspecified atom stereocenters. The molecule has 1 fully saturated rings. The first-order valence-electron chi connectivity index (χ1n) is 9.37. The van der Waals surface area contributed by atoms with E-state index in [0.29, 0.717) is 29.7 Å². The highest BCUT2D eigenvalue weighted by molar-refractivity contribution is 6.30. The van der Waals surface area contributed by atoms with Gasteiger partial charge in [-0.25, -0.2) is 4.99 Å². The lowest BCUT2D eigenvalue weighted by molar-refractivity contribution is -0.00748. The van der Waals surface area contributed by atoms with Crippen molar-refractivity contribution in [1.82, 2.24) is 14.8 Å². The van der Waals surface area contributed by atoms with E-state index in [2.05, 4.69) is 15.2 Å². The summed E-state index contributed by atoms with van der Waals surface area (Å²) in [7, 11) is 3.22. The molecule has 1 saturated heterocycles. The van der Waals surface area contributed by atoms with Crippen LogP contribution in [0.15, 0.2) is 29.3 Å². The van der Waals surface area contributed by atoms with E-state index >= 15 is 0 Å². The molecule has 7 nitrogen and oxygen atoms in total. The first kappa shape index (κ1) is 19.1. The van der Waals surface area contributed by atoms with E-state index in [-0.39, 0.29) is 0 Å². The van der Waals surface area contributed by atoms with E-state index in [1.807, 2.05) is 28.8 Å². The normalized spacial score (nSPS) is 18.1. The first-order chi connectivity index (χ1) is 13.5. The van der Waals surface area contributed by atoms with Gasteiger partial charge >= 0.3 is 0 Å². The molecule has 0 aliphatic carbocycles. The highest BCUT2D eigenvalue weighted by Crippen LogP contribution is 2.37. The Kier molecular flexibility index (Phi) is 5.23. The van der Waals surface area contributed by atoms with Crippen molar-refractivity contribution < 1.29 is 14.6 Å². The van der Waals surface area contributed by atoms with Gasteiger partial charge in [-0.15, -0.1) is 0 Å². The van der Waals surface area contributed by atoms with E-state index in [4.69, 9.17) is 21.1 Å². The summed E-state index contributed by atoms with van der Waals surface area (Å²) in [5.74, 6) is 2.09. The van der Waals surface area contributed by atoms with Crippen molar-refractivity contribution in [1.29, 1.82) is 0 Å². The monoisotopic (exact) mass is 404 g/mol. The van der Waals surface area contributed by atoms with Crippen LogP contribution in [0.25, 0.3) is 5.69 Å². The molecule has 0 radical (unpaired) electrons. The molecular weight excluding hydrogens is 380 g/mol. The number of nitrogens with zero attached hydrogens (tertiary/aromatic N) is 3. The lowest BCUT2D eigenvalue weighted by Gasteiger charge is -2.37. The number of aliphatic imine (C=N–C) groups is 1. The van der Waals surface area contributed by atoms with Gasteiger partial charge in [-0.05, 0) is 44.1 Å². The molecule has 28 heavy (non-hydrogen) atoms. The Morgan fingerprint density at radius 1 is 1.18 bits per heavy atom. The van der Waals surface area contributed by atoms with Crippen LogP contribution in [0.1, 0.15) is 18.4 Å². The fraction of sp³-hybridized carbons (Fsp3) is 0.450. The van der Waals surface area contributed by atoms with Crippen LogP contribution in [0, 0.1) is 0 Å². The summed E-state index contributed by atoms with van der Waals surface area (Å²) in [5.41, 5.74) is 1.20. The SMILES string of the molecule is COc1ccc(-n2c(Cl)cc3c2N=CN(CC2(O)CCNCC2)C3)cc1OC. The number of hydrogen-bond acceptors (Lipinski definition) is 6. The summed E-state index contributed by atoms with van der Waals surface area (Å²) in [4.78, 5) is 6.71. The average Bonchev–Trinajstić information content (AvgIpc) is 3.02. The Labute approximate surface area is 169 Å². The topological polar surface area (TPSA) is 71.2 Å². The molecule has 2 aliphatic heterocycles. The van der Waals surface area contributed by atoms with Crippen LogP contribution >= 0.6 is 11.6 Å². The third-order valence-electron chi connectivity index (χ3n) is 5.38. The maximum absolute atomic E-state index is 10.8. The molecule has 0 atom stereocenters. The molecule has 2 N–H and O–H groups in total. The van der Waals surface area contributed by atoms with Gasteiger partial charge in [-0.3, -0.25) is 4.57 Å². The highest BCUT2D eigenvalue weighted by atomic mass is 35.5. The molecule has 0 saturated carbocycles. The number of β-amino-alcohol motifs (C(OH)–C–C–N with tert-alkyl or cyclic N) is 1. The zero-order chi connectivity index (χ0) is 19.7. The van der Waals surface area contributed by atoms with Crippen LogP contribution < -0.4 is 14.8 Å². The summed E-state index contributed by atoms with van der Waals surface area (Å²) in [6.07, 6.45) is 3.30. The van der Waals surface area contributed by atoms with Crippen molar-refractivity contribution in [3.05, 3.63) is 35.0 Å². The van der Waals surface area contributed by atoms with Crippen molar-refractivity contribution >= 4 is 23.8 Å². The second kappa shape index (κ2) is 7.66. The third kappa shape index (κ3) is 3.57. The van der Waals surface area contributed by atoms with E-state index in [1.165, 1.54) is 0 Å². The minimum atomic E-state index is -0.676. The molecule has 0 amide bonds. The quantitative estimate of drug-likeness (QED) is 0.801. The molecule has 1 aromatic heterocycles. The van der Waals surface area contributed by atoms with Crippen molar-refractivity contribution in [3.8, 4) is 17.2 Å². The minimum absolute atomic E-state index is 0.566. The molecule has 3 heterocycles. The first-order valence-corrected chi connectivity index (χ1v) is 9.75. The van der Waals surface area contributed by atoms with Crippen LogP contribution in [0.5, 0.6) is 11.5 Å². The molecule has 4 rings (SSSR count). The molecule has 1 aromatic carbocycles. The summed E-state index contributed by atoms with van der Waals surface area (Å²) in [6.45, 7) is 2.91. The number of aromatic nitrogens is 1. The summed E-state index contributed by atoms with van der Waals surface area (Å²) >= 11 is 6.55. The number of nitrogens with one attached hydrogen (secondary N) is 1. The van der Waals surface area contributed by atoms with Gasteiger partial charge in [0.15, 0.2) is 11.5 Å².